The van der Waals surface area contributed by atoms with E-state index in [4.69, 9.17) is 23.7 Å². The van der Waals surface area contributed by atoms with Gasteiger partial charge in [-0.3, -0.25) is 24.6 Å². The van der Waals surface area contributed by atoms with Crippen LogP contribution in [0, 0.1) is 11.8 Å². The highest BCUT2D eigenvalue weighted by Crippen LogP contribution is 2.32. The Morgan fingerprint density at radius 1 is 0.755 bits per heavy atom. The van der Waals surface area contributed by atoms with Crippen LogP contribution in [0.1, 0.15) is 151 Å². The van der Waals surface area contributed by atoms with Crippen molar-refractivity contribution in [3.63, 3.8) is 0 Å². The zero-order chi connectivity index (χ0) is 38.3. The van der Waals surface area contributed by atoms with Gasteiger partial charge in [0.2, 0.25) is 17.7 Å². The predicted molar refractivity (Wildman–Crippen MR) is 198 cm³/mol. The first-order chi connectivity index (χ1) is 25.7. The molecule has 15 heteroatoms. The van der Waals surface area contributed by atoms with Gasteiger partial charge in [0.15, 0.2) is 11.6 Å². The summed E-state index contributed by atoms with van der Waals surface area (Å²) in [6.45, 7) is 3.96. The standard InChI is InChI=1S/C19H34N4O4.C19H33N3O4/c1-23(11-12-26-2)14-17-20-19(27-22-17)16(13-18(24)21-25)10-6-9-15-7-4-3-5-8-15;1-22(11-12-25-2)14-17-20-19(26-21-17)16(13-18(23)24)10-6-9-15-7-4-3-5-8-15/h15-16,25H,3-14H2,1-2H3,(H,21,24);15-16H,3-14H2,1-2H3,(H,23,24)/t2*16-/m11/s1. The lowest BCUT2D eigenvalue weighted by Gasteiger charge is -2.22. The van der Waals surface area contributed by atoms with Gasteiger partial charge in [-0.1, -0.05) is 100 Å². The third-order valence-electron chi connectivity index (χ3n) is 10.6. The number of carboxylic acid groups (broad SMARTS) is 1. The lowest BCUT2D eigenvalue weighted by atomic mass is 9.84. The maximum Gasteiger partial charge on any atom is 0.304 e. The fourth-order valence-electron chi connectivity index (χ4n) is 7.49. The van der Waals surface area contributed by atoms with Gasteiger partial charge in [0, 0.05) is 45.6 Å². The summed E-state index contributed by atoms with van der Waals surface area (Å²) in [7, 11) is 7.28. The number of hydrogen-bond donors (Lipinski definition) is 3. The van der Waals surface area contributed by atoms with Gasteiger partial charge in [0.05, 0.1) is 32.7 Å². The number of methoxy groups -OCH3 is 2. The largest absolute Gasteiger partial charge is 0.481 e. The van der Waals surface area contributed by atoms with Gasteiger partial charge in [-0.2, -0.15) is 9.97 Å². The van der Waals surface area contributed by atoms with Gasteiger partial charge in [-0.05, 0) is 38.8 Å². The summed E-state index contributed by atoms with van der Waals surface area (Å²) in [5.74, 6) is 2.17. The summed E-state index contributed by atoms with van der Waals surface area (Å²) >= 11 is 0. The number of aromatic nitrogens is 4. The van der Waals surface area contributed by atoms with Crippen LogP contribution in [-0.2, 0) is 32.2 Å². The molecule has 0 bridgehead atoms. The molecule has 15 nitrogen and oxygen atoms in total. The van der Waals surface area contributed by atoms with Crippen LogP contribution in [0.25, 0.3) is 0 Å². The molecule has 4 rings (SSSR count). The van der Waals surface area contributed by atoms with Crippen molar-refractivity contribution >= 4 is 11.9 Å². The van der Waals surface area contributed by atoms with Crippen LogP contribution in [0.4, 0.5) is 0 Å². The molecule has 1 amide bonds. The summed E-state index contributed by atoms with van der Waals surface area (Å²) in [5.41, 5.74) is 1.72. The molecule has 2 heterocycles. The van der Waals surface area contributed by atoms with E-state index in [-0.39, 0.29) is 24.7 Å². The highest BCUT2D eigenvalue weighted by Gasteiger charge is 2.25. The Morgan fingerprint density at radius 2 is 1.19 bits per heavy atom. The number of hydrogen-bond acceptors (Lipinski definition) is 13. The molecule has 0 spiro atoms. The molecule has 0 radical (unpaired) electrons. The molecule has 2 aromatic rings. The number of carboxylic acids is 1. The molecule has 0 unspecified atom stereocenters. The molecular formula is C38H67N7O8. The number of carbonyl (C=O) groups is 2. The number of hydroxylamine groups is 1. The fourth-order valence-corrected chi connectivity index (χ4v) is 7.49. The number of nitrogens with zero attached hydrogens (tertiary/aromatic N) is 6. The van der Waals surface area contributed by atoms with Crippen LogP contribution in [-0.4, -0.2) is 107 Å². The average Bonchev–Trinajstić information content (AvgIpc) is 3.83. The molecule has 2 aromatic heterocycles. The molecule has 53 heavy (non-hydrogen) atoms. The van der Waals surface area contributed by atoms with Gasteiger partial charge in [-0.15, -0.1) is 0 Å². The van der Waals surface area contributed by atoms with Gasteiger partial charge < -0.3 is 23.6 Å². The summed E-state index contributed by atoms with van der Waals surface area (Å²) in [4.78, 5) is 36.0. The zero-order valence-electron chi connectivity index (χ0n) is 32.8. The van der Waals surface area contributed by atoms with Crippen LogP contribution in [0.5, 0.6) is 0 Å². The number of ether oxygens (including phenoxy) is 2. The molecule has 0 saturated heterocycles. The summed E-state index contributed by atoms with van der Waals surface area (Å²) in [6, 6.07) is 0. The minimum Gasteiger partial charge on any atom is -0.481 e. The van der Waals surface area contributed by atoms with E-state index in [1.54, 1.807) is 19.7 Å². The van der Waals surface area contributed by atoms with E-state index in [2.05, 4.69) is 25.2 Å². The van der Waals surface area contributed by atoms with Crippen molar-refractivity contribution in [3.8, 4) is 0 Å². The van der Waals surface area contributed by atoms with Crippen molar-refractivity contribution in [2.24, 2.45) is 11.8 Å². The van der Waals surface area contributed by atoms with Gasteiger partial charge in [0.1, 0.15) is 0 Å². The van der Waals surface area contributed by atoms with Crippen molar-refractivity contribution in [1.29, 1.82) is 0 Å². The minimum atomic E-state index is -0.815. The third kappa shape index (κ3) is 18.3. The first-order valence-corrected chi connectivity index (χ1v) is 19.8. The number of carbonyl (C=O) groups excluding carboxylic acids is 1. The van der Waals surface area contributed by atoms with Crippen LogP contribution < -0.4 is 5.48 Å². The smallest absolute Gasteiger partial charge is 0.304 e. The van der Waals surface area contributed by atoms with Crippen LogP contribution >= 0.6 is 0 Å². The van der Waals surface area contributed by atoms with Crippen molar-refractivity contribution < 1.29 is 38.4 Å². The quantitative estimate of drug-likeness (QED) is 0.0797. The second-order valence-electron chi connectivity index (χ2n) is 15.2. The zero-order valence-corrected chi connectivity index (χ0v) is 32.8. The van der Waals surface area contributed by atoms with E-state index in [1.165, 1.54) is 77.0 Å². The molecule has 3 N–H and O–H groups in total. The van der Waals surface area contributed by atoms with Gasteiger partial charge in [-0.25, -0.2) is 5.48 Å². The molecule has 0 aromatic carbocycles. The Hall–Kier alpha value is -2.98. The molecule has 302 valence electrons. The second kappa shape index (κ2) is 25.9. The van der Waals surface area contributed by atoms with Crippen molar-refractivity contribution in [2.45, 2.75) is 141 Å². The number of amides is 1. The Bertz CT molecular complexity index is 1260. The number of aliphatic carboxylic acids is 1. The molecule has 2 saturated carbocycles. The lowest BCUT2D eigenvalue weighted by Crippen LogP contribution is -2.23. The number of rotatable bonds is 24. The van der Waals surface area contributed by atoms with Gasteiger partial charge in [0.25, 0.3) is 0 Å². The predicted octanol–water partition coefficient (Wildman–Crippen LogP) is 6.33. The lowest BCUT2D eigenvalue weighted by molar-refractivity contribution is -0.137. The molecular weight excluding hydrogens is 682 g/mol. The van der Waals surface area contributed by atoms with E-state index >= 15 is 0 Å². The van der Waals surface area contributed by atoms with E-state index in [0.29, 0.717) is 49.7 Å². The van der Waals surface area contributed by atoms with E-state index < -0.39 is 11.9 Å². The van der Waals surface area contributed by atoms with Crippen molar-refractivity contribution in [3.05, 3.63) is 23.4 Å². The Balaban J connectivity index is 0.000000286. The normalized spacial score (nSPS) is 16.7. The van der Waals surface area contributed by atoms with Gasteiger partial charge >= 0.3 is 5.97 Å². The maximum atomic E-state index is 11.7. The third-order valence-corrected chi connectivity index (χ3v) is 10.6. The Kier molecular flexibility index (Phi) is 21.7. The molecule has 2 aliphatic rings. The second-order valence-corrected chi connectivity index (χ2v) is 15.2. The minimum absolute atomic E-state index is 0.0474. The Morgan fingerprint density at radius 3 is 1.58 bits per heavy atom. The highest BCUT2D eigenvalue weighted by molar-refractivity contribution is 5.75. The first-order valence-electron chi connectivity index (χ1n) is 19.8. The SMILES string of the molecule is COCCN(C)Cc1noc([C@H](CCCC2CCCCC2)CC(=O)NO)n1.COCCN(C)Cc1noc([C@H](CCCC2CCCCC2)CC(=O)O)n1. The van der Waals surface area contributed by atoms with E-state index in [0.717, 1.165) is 50.6 Å². The monoisotopic (exact) mass is 750 g/mol. The van der Waals surface area contributed by atoms with E-state index in [1.807, 2.05) is 19.0 Å². The average molecular weight is 750 g/mol. The molecule has 2 fully saturated rings. The number of likely N-dealkylation sites (N-methyl/N-ethyl adjacent to an activating group) is 2. The highest BCUT2D eigenvalue weighted by atomic mass is 16.5. The molecule has 2 aliphatic carbocycles. The van der Waals surface area contributed by atoms with Crippen molar-refractivity contribution in [2.75, 3.05) is 54.6 Å². The van der Waals surface area contributed by atoms with Crippen LogP contribution in [0.15, 0.2) is 9.05 Å². The fraction of sp³-hybridized carbons (Fsp3) is 0.842. The molecule has 0 aliphatic heterocycles. The topological polar surface area (TPSA) is 189 Å². The van der Waals surface area contributed by atoms with Crippen LogP contribution in [0.2, 0.25) is 0 Å². The number of nitrogens with one attached hydrogen (secondary N) is 1. The summed E-state index contributed by atoms with van der Waals surface area (Å²) < 4.78 is 21.0. The maximum absolute atomic E-state index is 11.7. The summed E-state index contributed by atoms with van der Waals surface area (Å²) in [5, 5.41) is 26.2. The van der Waals surface area contributed by atoms with E-state index in [9.17, 15) is 14.7 Å². The van der Waals surface area contributed by atoms with Crippen molar-refractivity contribution in [1.82, 2.24) is 35.6 Å². The Labute approximate surface area is 315 Å². The molecule has 2 atom stereocenters. The first kappa shape index (κ1) is 44.4. The summed E-state index contributed by atoms with van der Waals surface area (Å²) in [6.07, 6.45) is 19.6. The van der Waals surface area contributed by atoms with Crippen LogP contribution in [0.3, 0.4) is 0 Å².